The Labute approximate surface area is 100.0 Å². The number of hydrogen-bond acceptors (Lipinski definition) is 2. The summed E-state index contributed by atoms with van der Waals surface area (Å²) in [5, 5.41) is 3.11. The summed E-state index contributed by atoms with van der Waals surface area (Å²) in [6.07, 6.45) is 1.39. The molecule has 1 N–H and O–H groups in total. The third kappa shape index (κ3) is 2.82. The Balaban J connectivity index is 2.19. The maximum absolute atomic E-state index is 13.6. The van der Waals surface area contributed by atoms with Crippen molar-refractivity contribution in [1.82, 2.24) is 5.32 Å². The van der Waals surface area contributed by atoms with Crippen LogP contribution in [0.5, 0.6) is 0 Å². The Kier molecular flexibility index (Phi) is 3.74. The summed E-state index contributed by atoms with van der Waals surface area (Å²) < 4.78 is 32.1. The maximum atomic E-state index is 13.6. The van der Waals surface area contributed by atoms with Gasteiger partial charge in [-0.25, -0.2) is 8.78 Å². The summed E-state index contributed by atoms with van der Waals surface area (Å²) in [5.41, 5.74) is 0.328. The van der Waals surface area contributed by atoms with Gasteiger partial charge >= 0.3 is 0 Å². The summed E-state index contributed by atoms with van der Waals surface area (Å²) in [7, 11) is 1.86. The van der Waals surface area contributed by atoms with Gasteiger partial charge in [-0.2, -0.15) is 0 Å². The van der Waals surface area contributed by atoms with Crippen molar-refractivity contribution < 1.29 is 13.5 Å². The van der Waals surface area contributed by atoms with Crippen LogP contribution >= 0.6 is 0 Å². The minimum Gasteiger partial charge on any atom is -0.381 e. The van der Waals surface area contributed by atoms with E-state index in [-0.39, 0.29) is 17.0 Å². The van der Waals surface area contributed by atoms with Crippen molar-refractivity contribution in [1.29, 1.82) is 0 Å². The molecule has 17 heavy (non-hydrogen) atoms. The van der Waals surface area contributed by atoms with Gasteiger partial charge in [0.1, 0.15) is 11.6 Å². The molecule has 0 saturated carbocycles. The lowest BCUT2D eigenvalue weighted by molar-refractivity contribution is 0.150. The topological polar surface area (TPSA) is 21.3 Å². The van der Waals surface area contributed by atoms with Gasteiger partial charge in [0.05, 0.1) is 6.61 Å². The molecule has 1 aliphatic rings. The van der Waals surface area contributed by atoms with Gasteiger partial charge in [0, 0.05) is 18.6 Å². The molecule has 0 aliphatic carbocycles. The molecular weight excluding hydrogens is 224 g/mol. The lowest BCUT2D eigenvalue weighted by Gasteiger charge is -2.27. The zero-order chi connectivity index (χ0) is 12.3. The number of hydrogen-bond donors (Lipinski definition) is 1. The number of nitrogens with one attached hydrogen (secondary N) is 1. The first kappa shape index (κ1) is 12.5. The van der Waals surface area contributed by atoms with Crippen molar-refractivity contribution in [3.05, 3.63) is 35.4 Å². The molecule has 0 amide bonds. The molecule has 4 heteroatoms. The van der Waals surface area contributed by atoms with E-state index in [0.717, 1.165) is 19.0 Å². The van der Waals surface area contributed by atoms with Crippen LogP contribution in [0.3, 0.4) is 0 Å². The van der Waals surface area contributed by atoms with Crippen LogP contribution in [0.15, 0.2) is 18.2 Å². The normalized spacial score (nSPS) is 24.2. The summed E-state index contributed by atoms with van der Waals surface area (Å²) in [4.78, 5) is 0. The van der Waals surface area contributed by atoms with Gasteiger partial charge in [0.15, 0.2) is 0 Å². The molecule has 0 radical (unpaired) electrons. The number of halogens is 2. The lowest BCUT2D eigenvalue weighted by Crippen LogP contribution is -2.35. The first-order valence-corrected chi connectivity index (χ1v) is 5.81. The van der Waals surface area contributed by atoms with Gasteiger partial charge in [-0.3, -0.25) is 0 Å². The van der Waals surface area contributed by atoms with Crippen molar-refractivity contribution in [3.63, 3.8) is 0 Å². The van der Waals surface area contributed by atoms with Gasteiger partial charge in [0.25, 0.3) is 0 Å². The van der Waals surface area contributed by atoms with Gasteiger partial charge in [-0.15, -0.1) is 0 Å². The molecule has 1 fully saturated rings. The summed E-state index contributed by atoms with van der Waals surface area (Å²) in [5.74, 6) is -0.728. The van der Waals surface area contributed by atoms with Gasteiger partial charge in [-0.05, 0) is 43.7 Å². The Morgan fingerprint density at radius 2 is 2.24 bits per heavy atom. The van der Waals surface area contributed by atoms with Crippen LogP contribution in [0.1, 0.15) is 12.0 Å². The highest BCUT2D eigenvalue weighted by Crippen LogP contribution is 2.32. The van der Waals surface area contributed by atoms with E-state index in [1.54, 1.807) is 0 Å². The molecule has 0 bridgehead atoms. The van der Waals surface area contributed by atoms with Crippen molar-refractivity contribution in [2.45, 2.75) is 12.8 Å². The van der Waals surface area contributed by atoms with Crippen LogP contribution in [0.2, 0.25) is 0 Å². The molecule has 0 aromatic heterocycles. The maximum Gasteiger partial charge on any atom is 0.126 e. The molecule has 94 valence electrons. The minimum atomic E-state index is -0.389. The summed E-state index contributed by atoms with van der Waals surface area (Å²) in [6, 6.07) is 3.62. The number of ether oxygens (including phenoxy) is 1. The first-order valence-electron chi connectivity index (χ1n) is 5.81. The zero-order valence-corrected chi connectivity index (χ0v) is 9.93. The fourth-order valence-corrected chi connectivity index (χ4v) is 2.45. The van der Waals surface area contributed by atoms with Gasteiger partial charge in [-0.1, -0.05) is 0 Å². The van der Waals surface area contributed by atoms with Gasteiger partial charge < -0.3 is 10.1 Å². The zero-order valence-electron chi connectivity index (χ0n) is 9.93. The fraction of sp³-hybridized carbons (Fsp3) is 0.538. The van der Waals surface area contributed by atoms with E-state index in [0.29, 0.717) is 25.2 Å². The van der Waals surface area contributed by atoms with Crippen LogP contribution in [0, 0.1) is 17.0 Å². The third-order valence-electron chi connectivity index (χ3n) is 3.31. The molecule has 2 nitrogen and oxygen atoms in total. The van der Waals surface area contributed by atoms with Crippen molar-refractivity contribution >= 4 is 0 Å². The third-order valence-corrected chi connectivity index (χ3v) is 3.31. The van der Waals surface area contributed by atoms with Crippen molar-refractivity contribution in [3.8, 4) is 0 Å². The van der Waals surface area contributed by atoms with E-state index >= 15 is 0 Å². The monoisotopic (exact) mass is 241 g/mol. The van der Waals surface area contributed by atoms with Crippen LogP contribution < -0.4 is 5.32 Å². The Morgan fingerprint density at radius 3 is 2.88 bits per heavy atom. The first-order chi connectivity index (χ1) is 8.15. The molecule has 1 saturated heterocycles. The Bertz CT molecular complexity index is 389. The van der Waals surface area contributed by atoms with E-state index in [2.05, 4.69) is 5.32 Å². The average molecular weight is 241 g/mol. The van der Waals surface area contributed by atoms with Crippen molar-refractivity contribution in [2.75, 3.05) is 26.8 Å². The van der Waals surface area contributed by atoms with Crippen LogP contribution in [0.4, 0.5) is 8.78 Å². The SMILES string of the molecule is CNCC1(Cc2cc(F)ccc2F)CCOC1. The van der Waals surface area contributed by atoms with Crippen molar-refractivity contribution in [2.24, 2.45) is 5.41 Å². The molecule has 1 heterocycles. The van der Waals surface area contributed by atoms with Gasteiger partial charge in [0.2, 0.25) is 0 Å². The summed E-state index contributed by atoms with van der Waals surface area (Å²) in [6.45, 7) is 2.05. The van der Waals surface area contributed by atoms with E-state index in [9.17, 15) is 8.78 Å². The average Bonchev–Trinajstić information content (AvgIpc) is 2.73. The molecule has 1 atom stereocenters. The fourth-order valence-electron chi connectivity index (χ4n) is 2.45. The second-order valence-electron chi connectivity index (χ2n) is 4.75. The van der Waals surface area contributed by atoms with Crippen LogP contribution in [-0.4, -0.2) is 26.8 Å². The summed E-state index contributed by atoms with van der Waals surface area (Å²) >= 11 is 0. The highest BCUT2D eigenvalue weighted by molar-refractivity contribution is 5.20. The van der Waals surface area contributed by atoms with E-state index in [1.807, 2.05) is 7.05 Å². The van der Waals surface area contributed by atoms with Crippen LogP contribution in [0.25, 0.3) is 0 Å². The highest BCUT2D eigenvalue weighted by atomic mass is 19.1. The predicted octanol–water partition coefficient (Wildman–Crippen LogP) is 2.13. The van der Waals surface area contributed by atoms with E-state index < -0.39 is 0 Å². The second kappa shape index (κ2) is 5.10. The quantitative estimate of drug-likeness (QED) is 0.872. The number of rotatable bonds is 4. The highest BCUT2D eigenvalue weighted by Gasteiger charge is 2.35. The standard InChI is InChI=1S/C13H17F2NO/c1-16-8-13(4-5-17-9-13)7-10-6-11(14)2-3-12(10)15/h2-3,6,16H,4-5,7-9H2,1H3. The molecule has 1 aromatic rings. The second-order valence-corrected chi connectivity index (χ2v) is 4.75. The number of benzene rings is 1. The Morgan fingerprint density at radius 1 is 1.41 bits per heavy atom. The minimum absolute atomic E-state index is 0.108. The smallest absolute Gasteiger partial charge is 0.126 e. The largest absolute Gasteiger partial charge is 0.381 e. The molecule has 0 spiro atoms. The molecular formula is C13H17F2NO. The molecule has 1 unspecified atom stereocenters. The van der Waals surface area contributed by atoms with Crippen LogP contribution in [-0.2, 0) is 11.2 Å². The Hall–Kier alpha value is -1.00. The van der Waals surface area contributed by atoms with E-state index in [1.165, 1.54) is 12.1 Å². The van der Waals surface area contributed by atoms with E-state index in [4.69, 9.17) is 4.74 Å². The predicted molar refractivity (Wildman–Crippen MR) is 61.9 cm³/mol. The lowest BCUT2D eigenvalue weighted by atomic mass is 9.80. The molecule has 1 aromatic carbocycles. The molecule has 1 aliphatic heterocycles. The molecule has 2 rings (SSSR count).